The van der Waals surface area contributed by atoms with Gasteiger partial charge in [0.15, 0.2) is 5.43 Å². The summed E-state index contributed by atoms with van der Waals surface area (Å²) in [5.74, 6) is 1.11. The first-order valence-corrected chi connectivity index (χ1v) is 6.37. The second-order valence-corrected chi connectivity index (χ2v) is 4.62. The van der Waals surface area contributed by atoms with Gasteiger partial charge in [-0.05, 0) is 24.6 Å². The summed E-state index contributed by atoms with van der Waals surface area (Å²) >= 11 is 0. The summed E-state index contributed by atoms with van der Waals surface area (Å²) in [5.41, 5.74) is 2.43. The van der Waals surface area contributed by atoms with E-state index < -0.39 is 0 Å². The Kier molecular flexibility index (Phi) is 3.03. The van der Waals surface area contributed by atoms with Crippen LogP contribution in [-0.2, 0) is 0 Å². The molecule has 0 saturated heterocycles. The van der Waals surface area contributed by atoms with Crippen LogP contribution in [0.5, 0.6) is 5.75 Å². The maximum absolute atomic E-state index is 12.3. The molecule has 0 aliphatic rings. The zero-order valence-electron chi connectivity index (χ0n) is 11.3. The van der Waals surface area contributed by atoms with E-state index in [1.165, 1.54) is 6.07 Å². The van der Waals surface area contributed by atoms with E-state index in [1.807, 2.05) is 37.3 Å². The molecule has 3 rings (SSSR count). The van der Waals surface area contributed by atoms with Gasteiger partial charge in [0.25, 0.3) is 0 Å². The van der Waals surface area contributed by atoms with E-state index >= 15 is 0 Å². The summed E-state index contributed by atoms with van der Waals surface area (Å²) in [6.45, 7) is 1.99. The molecule has 20 heavy (non-hydrogen) atoms. The van der Waals surface area contributed by atoms with Gasteiger partial charge in [-0.2, -0.15) is 0 Å². The van der Waals surface area contributed by atoms with E-state index in [4.69, 9.17) is 9.15 Å². The van der Waals surface area contributed by atoms with Gasteiger partial charge < -0.3 is 9.15 Å². The smallest absolute Gasteiger partial charge is 0.197 e. The summed E-state index contributed by atoms with van der Waals surface area (Å²) in [6.07, 6.45) is 0. The van der Waals surface area contributed by atoms with E-state index in [0.29, 0.717) is 22.5 Å². The van der Waals surface area contributed by atoms with Crippen LogP contribution in [0.15, 0.2) is 57.7 Å². The number of hydrogen-bond acceptors (Lipinski definition) is 3. The monoisotopic (exact) mass is 266 g/mol. The first-order valence-electron chi connectivity index (χ1n) is 6.37. The molecule has 0 N–H and O–H groups in total. The zero-order chi connectivity index (χ0) is 14.1. The lowest BCUT2D eigenvalue weighted by molar-refractivity contribution is 0.419. The van der Waals surface area contributed by atoms with Crippen molar-refractivity contribution in [3.05, 3.63) is 64.3 Å². The molecule has 3 nitrogen and oxygen atoms in total. The average molecular weight is 266 g/mol. The van der Waals surface area contributed by atoms with Gasteiger partial charge in [0.05, 0.1) is 7.11 Å². The lowest BCUT2D eigenvalue weighted by Gasteiger charge is -2.08. The number of ether oxygens (including phenoxy) is 1. The predicted molar refractivity (Wildman–Crippen MR) is 79.2 cm³/mol. The summed E-state index contributed by atoms with van der Waals surface area (Å²) in [4.78, 5) is 12.3. The molecule has 0 atom stereocenters. The van der Waals surface area contributed by atoms with E-state index in [9.17, 15) is 4.79 Å². The molecule has 2 aromatic carbocycles. The highest BCUT2D eigenvalue weighted by molar-refractivity contribution is 5.85. The fourth-order valence-corrected chi connectivity index (χ4v) is 2.33. The molecule has 0 radical (unpaired) electrons. The second-order valence-electron chi connectivity index (χ2n) is 4.62. The molecule has 3 heteroatoms. The number of benzene rings is 2. The largest absolute Gasteiger partial charge is 0.496 e. The lowest BCUT2D eigenvalue weighted by atomic mass is 10.1. The Labute approximate surface area is 116 Å². The molecule has 0 bridgehead atoms. The average Bonchev–Trinajstić information content (AvgIpc) is 2.46. The van der Waals surface area contributed by atoms with Crippen LogP contribution in [0, 0.1) is 6.92 Å². The van der Waals surface area contributed by atoms with Crippen LogP contribution in [-0.4, -0.2) is 7.11 Å². The Morgan fingerprint density at radius 3 is 2.60 bits per heavy atom. The van der Waals surface area contributed by atoms with Gasteiger partial charge in [-0.1, -0.05) is 30.3 Å². The van der Waals surface area contributed by atoms with Crippen LogP contribution < -0.4 is 10.2 Å². The SMILES string of the molecule is COc1cccc2oc(-c3ccccc3C)cc(=O)c12. The molecule has 1 aromatic heterocycles. The van der Waals surface area contributed by atoms with Crippen LogP contribution in [0.2, 0.25) is 0 Å². The van der Waals surface area contributed by atoms with E-state index in [1.54, 1.807) is 19.2 Å². The Balaban J connectivity index is 2.32. The second kappa shape index (κ2) is 4.85. The Morgan fingerprint density at radius 1 is 1.05 bits per heavy atom. The molecule has 100 valence electrons. The van der Waals surface area contributed by atoms with Gasteiger partial charge in [0.1, 0.15) is 22.5 Å². The van der Waals surface area contributed by atoms with Gasteiger partial charge in [-0.25, -0.2) is 0 Å². The predicted octanol–water partition coefficient (Wildman–Crippen LogP) is 3.78. The number of fused-ring (bicyclic) bond motifs is 1. The van der Waals surface area contributed by atoms with Crippen molar-refractivity contribution < 1.29 is 9.15 Å². The number of rotatable bonds is 2. The third-order valence-corrected chi connectivity index (χ3v) is 3.35. The van der Waals surface area contributed by atoms with Gasteiger partial charge in [0.2, 0.25) is 0 Å². The highest BCUT2D eigenvalue weighted by Crippen LogP contribution is 2.28. The Morgan fingerprint density at radius 2 is 1.85 bits per heavy atom. The summed E-state index contributed by atoms with van der Waals surface area (Å²) < 4.78 is 11.1. The molecule has 0 spiro atoms. The summed E-state index contributed by atoms with van der Waals surface area (Å²) in [7, 11) is 1.55. The minimum absolute atomic E-state index is 0.0954. The number of methoxy groups -OCH3 is 1. The molecule has 0 saturated carbocycles. The van der Waals surface area contributed by atoms with Gasteiger partial charge >= 0.3 is 0 Å². The fourth-order valence-electron chi connectivity index (χ4n) is 2.33. The van der Waals surface area contributed by atoms with Crippen LogP contribution >= 0.6 is 0 Å². The third-order valence-electron chi connectivity index (χ3n) is 3.35. The maximum atomic E-state index is 12.3. The highest BCUT2D eigenvalue weighted by atomic mass is 16.5. The normalized spacial score (nSPS) is 10.7. The van der Waals surface area contributed by atoms with E-state index in [2.05, 4.69) is 0 Å². The number of hydrogen-bond donors (Lipinski definition) is 0. The third kappa shape index (κ3) is 1.97. The van der Waals surface area contributed by atoms with Crippen molar-refractivity contribution in [2.75, 3.05) is 7.11 Å². The van der Waals surface area contributed by atoms with Crippen molar-refractivity contribution in [1.82, 2.24) is 0 Å². The van der Waals surface area contributed by atoms with Gasteiger partial charge in [-0.3, -0.25) is 4.79 Å². The molecular formula is C17H14O3. The van der Waals surface area contributed by atoms with Crippen LogP contribution in [0.25, 0.3) is 22.3 Å². The van der Waals surface area contributed by atoms with Crippen molar-refractivity contribution in [3.8, 4) is 17.1 Å². The van der Waals surface area contributed by atoms with Crippen molar-refractivity contribution >= 4 is 11.0 Å². The van der Waals surface area contributed by atoms with E-state index in [-0.39, 0.29) is 5.43 Å². The maximum Gasteiger partial charge on any atom is 0.197 e. The standard InChI is InChI=1S/C17H14O3/c1-11-6-3-4-7-12(11)16-10-13(18)17-14(19-2)8-5-9-15(17)20-16/h3-10H,1-2H3. The van der Waals surface area contributed by atoms with Gasteiger partial charge in [-0.15, -0.1) is 0 Å². The molecule has 1 heterocycles. The van der Waals surface area contributed by atoms with Crippen LogP contribution in [0.4, 0.5) is 0 Å². The fraction of sp³-hybridized carbons (Fsp3) is 0.118. The minimum Gasteiger partial charge on any atom is -0.496 e. The summed E-state index contributed by atoms with van der Waals surface area (Å²) in [6, 6.07) is 14.7. The van der Waals surface area contributed by atoms with Crippen molar-refractivity contribution in [2.45, 2.75) is 6.92 Å². The first kappa shape index (κ1) is 12.5. The lowest BCUT2D eigenvalue weighted by Crippen LogP contribution is -2.02. The number of aryl methyl sites for hydroxylation is 1. The topological polar surface area (TPSA) is 39.4 Å². The molecule has 0 aliphatic heterocycles. The van der Waals surface area contributed by atoms with Crippen molar-refractivity contribution in [3.63, 3.8) is 0 Å². The van der Waals surface area contributed by atoms with Crippen LogP contribution in [0.3, 0.4) is 0 Å². The molecular weight excluding hydrogens is 252 g/mol. The first-order chi connectivity index (χ1) is 9.70. The molecule has 0 unspecified atom stereocenters. The van der Waals surface area contributed by atoms with Crippen LogP contribution in [0.1, 0.15) is 5.56 Å². The van der Waals surface area contributed by atoms with Crippen molar-refractivity contribution in [1.29, 1.82) is 0 Å². The quantitative estimate of drug-likeness (QED) is 0.708. The van der Waals surface area contributed by atoms with Gasteiger partial charge in [0, 0.05) is 11.6 Å². The molecule has 3 aromatic rings. The van der Waals surface area contributed by atoms with E-state index in [0.717, 1.165) is 11.1 Å². The summed E-state index contributed by atoms with van der Waals surface area (Å²) in [5, 5.41) is 0.479. The molecule has 0 fully saturated rings. The Hall–Kier alpha value is -2.55. The zero-order valence-corrected chi connectivity index (χ0v) is 11.3. The highest BCUT2D eigenvalue weighted by Gasteiger charge is 2.11. The Bertz CT molecular complexity index is 831. The molecule has 0 aliphatic carbocycles. The molecule has 0 amide bonds. The minimum atomic E-state index is -0.0954. The van der Waals surface area contributed by atoms with Crippen molar-refractivity contribution in [2.24, 2.45) is 0 Å².